The summed E-state index contributed by atoms with van der Waals surface area (Å²) >= 11 is 0. The number of nitrogen functional groups attached to an aromatic ring is 1. The number of anilines is 2. The molecule has 106 valence electrons. The molecule has 0 aliphatic heterocycles. The summed E-state index contributed by atoms with van der Waals surface area (Å²) in [5, 5.41) is 0. The number of ether oxygens (including phenoxy) is 1. The van der Waals surface area contributed by atoms with Crippen LogP contribution in [0.2, 0.25) is 0 Å². The van der Waals surface area contributed by atoms with Gasteiger partial charge in [0.05, 0.1) is 18.3 Å². The van der Waals surface area contributed by atoms with Crippen LogP contribution in [-0.4, -0.2) is 44.6 Å². The van der Waals surface area contributed by atoms with Gasteiger partial charge in [-0.1, -0.05) is 0 Å². The molecule has 0 unspecified atom stereocenters. The highest BCUT2D eigenvalue weighted by atomic mass is 16.5. The Balaban J connectivity index is 2.86. The Hall–Kier alpha value is -1.91. The van der Waals surface area contributed by atoms with Gasteiger partial charge in [0.25, 0.3) is 0 Å². The maximum absolute atomic E-state index is 11.7. The molecule has 1 aromatic rings. The molecule has 0 atom stereocenters. The highest BCUT2D eigenvalue weighted by Crippen LogP contribution is 2.28. The molecule has 0 aliphatic carbocycles. The highest BCUT2D eigenvalue weighted by Gasteiger charge is 2.11. The van der Waals surface area contributed by atoms with Gasteiger partial charge in [-0.25, -0.2) is 0 Å². The van der Waals surface area contributed by atoms with E-state index < -0.39 is 0 Å². The van der Waals surface area contributed by atoms with E-state index in [1.807, 2.05) is 37.9 Å². The number of carbonyl (C=O) groups is 1. The minimum atomic E-state index is 0.0469. The van der Waals surface area contributed by atoms with Gasteiger partial charge in [0.2, 0.25) is 5.91 Å². The van der Waals surface area contributed by atoms with Crippen molar-refractivity contribution in [2.75, 3.05) is 38.3 Å². The smallest absolute Gasteiger partial charge is 0.241 e. The van der Waals surface area contributed by atoms with E-state index in [0.717, 1.165) is 5.69 Å². The molecule has 0 bridgehead atoms. The maximum atomic E-state index is 11.7. The molecule has 1 rings (SSSR count). The molecule has 0 saturated carbocycles. The molecular weight excluding hydrogens is 242 g/mol. The van der Waals surface area contributed by atoms with Crippen LogP contribution in [0, 0.1) is 0 Å². The minimum absolute atomic E-state index is 0.0469. The van der Waals surface area contributed by atoms with Crippen LogP contribution in [0.5, 0.6) is 5.75 Å². The summed E-state index contributed by atoms with van der Waals surface area (Å²) in [7, 11) is 5.35. The first-order valence-corrected chi connectivity index (χ1v) is 6.28. The second-order valence-electron chi connectivity index (χ2n) is 5.03. The fraction of sp³-hybridized carbons (Fsp3) is 0.500. The van der Waals surface area contributed by atoms with E-state index in [9.17, 15) is 4.79 Å². The fourth-order valence-electron chi connectivity index (χ4n) is 1.55. The van der Waals surface area contributed by atoms with E-state index in [2.05, 4.69) is 0 Å². The van der Waals surface area contributed by atoms with Gasteiger partial charge in [-0.3, -0.25) is 4.79 Å². The third-order valence-corrected chi connectivity index (χ3v) is 2.67. The molecule has 5 heteroatoms. The number of amides is 1. The third kappa shape index (κ3) is 4.35. The first kappa shape index (κ1) is 15.1. The van der Waals surface area contributed by atoms with Crippen molar-refractivity contribution in [3.05, 3.63) is 18.2 Å². The minimum Gasteiger partial charge on any atom is -0.489 e. The van der Waals surface area contributed by atoms with Gasteiger partial charge in [0.1, 0.15) is 5.75 Å². The number of rotatable bonds is 5. The molecule has 0 heterocycles. The normalized spacial score (nSPS) is 10.4. The summed E-state index contributed by atoms with van der Waals surface area (Å²) in [5.74, 6) is 0.697. The van der Waals surface area contributed by atoms with Gasteiger partial charge in [-0.05, 0) is 26.0 Å². The molecule has 0 aromatic heterocycles. The van der Waals surface area contributed by atoms with E-state index in [-0.39, 0.29) is 12.0 Å². The lowest BCUT2D eigenvalue weighted by Crippen LogP contribution is -2.34. The van der Waals surface area contributed by atoms with Gasteiger partial charge < -0.3 is 20.3 Å². The summed E-state index contributed by atoms with van der Waals surface area (Å²) in [5.41, 5.74) is 7.37. The zero-order valence-electron chi connectivity index (χ0n) is 12.3. The highest BCUT2D eigenvalue weighted by molar-refractivity contribution is 5.81. The van der Waals surface area contributed by atoms with Crippen molar-refractivity contribution in [2.45, 2.75) is 20.0 Å². The molecule has 1 amide bonds. The van der Waals surface area contributed by atoms with Gasteiger partial charge in [0, 0.05) is 32.9 Å². The summed E-state index contributed by atoms with van der Waals surface area (Å²) in [6, 6.07) is 5.54. The van der Waals surface area contributed by atoms with Crippen molar-refractivity contribution in [1.29, 1.82) is 0 Å². The Bertz CT molecular complexity index is 444. The summed E-state index contributed by atoms with van der Waals surface area (Å²) in [6.45, 7) is 4.22. The van der Waals surface area contributed by atoms with Crippen LogP contribution in [-0.2, 0) is 4.79 Å². The molecule has 2 N–H and O–H groups in total. The van der Waals surface area contributed by atoms with E-state index >= 15 is 0 Å². The summed E-state index contributed by atoms with van der Waals surface area (Å²) in [4.78, 5) is 15.1. The average Bonchev–Trinajstić information content (AvgIpc) is 2.31. The van der Waals surface area contributed by atoms with Crippen LogP contribution in [0.15, 0.2) is 18.2 Å². The Morgan fingerprint density at radius 1 is 1.32 bits per heavy atom. The zero-order chi connectivity index (χ0) is 14.6. The van der Waals surface area contributed by atoms with Crippen molar-refractivity contribution in [3.63, 3.8) is 0 Å². The predicted octanol–water partition coefficient (Wildman–Crippen LogP) is 1.58. The predicted molar refractivity (Wildman–Crippen MR) is 78.6 cm³/mol. The number of nitrogens with two attached hydrogens (primary N) is 1. The Kier molecular flexibility index (Phi) is 5.03. The first-order chi connectivity index (χ1) is 8.81. The van der Waals surface area contributed by atoms with Crippen LogP contribution >= 0.6 is 0 Å². The third-order valence-electron chi connectivity index (χ3n) is 2.67. The van der Waals surface area contributed by atoms with Crippen molar-refractivity contribution >= 4 is 17.3 Å². The standard InChI is InChI=1S/C14H23N3O2/c1-10(2)19-13-8-11(6-7-12(13)15)17(5)9-14(18)16(3)4/h6-8,10H,9,15H2,1-5H3. The lowest BCUT2D eigenvalue weighted by atomic mass is 10.2. The second kappa shape index (κ2) is 6.31. The van der Waals surface area contributed by atoms with Crippen LogP contribution in [0.3, 0.4) is 0 Å². The largest absolute Gasteiger partial charge is 0.489 e. The van der Waals surface area contributed by atoms with E-state index in [1.165, 1.54) is 0 Å². The molecule has 19 heavy (non-hydrogen) atoms. The van der Waals surface area contributed by atoms with Gasteiger partial charge >= 0.3 is 0 Å². The van der Waals surface area contributed by atoms with Crippen LogP contribution in [0.1, 0.15) is 13.8 Å². The van der Waals surface area contributed by atoms with Crippen molar-refractivity contribution in [3.8, 4) is 5.75 Å². The molecule has 0 radical (unpaired) electrons. The number of hydrogen-bond donors (Lipinski definition) is 1. The molecular formula is C14H23N3O2. The first-order valence-electron chi connectivity index (χ1n) is 6.28. The van der Waals surface area contributed by atoms with Crippen molar-refractivity contribution < 1.29 is 9.53 Å². The monoisotopic (exact) mass is 265 g/mol. The van der Waals surface area contributed by atoms with E-state index in [4.69, 9.17) is 10.5 Å². The zero-order valence-corrected chi connectivity index (χ0v) is 12.3. The van der Waals surface area contributed by atoms with E-state index in [1.54, 1.807) is 25.1 Å². The quantitative estimate of drug-likeness (QED) is 0.821. The lowest BCUT2D eigenvalue weighted by molar-refractivity contribution is -0.127. The molecule has 0 spiro atoms. The van der Waals surface area contributed by atoms with Gasteiger partial charge in [-0.15, -0.1) is 0 Å². The lowest BCUT2D eigenvalue weighted by Gasteiger charge is -2.22. The van der Waals surface area contributed by atoms with Gasteiger partial charge in [0.15, 0.2) is 0 Å². The molecule has 1 aromatic carbocycles. The average molecular weight is 265 g/mol. The maximum Gasteiger partial charge on any atom is 0.241 e. The number of likely N-dealkylation sites (N-methyl/N-ethyl adjacent to an activating group) is 2. The second-order valence-corrected chi connectivity index (χ2v) is 5.03. The number of benzene rings is 1. The fourth-order valence-corrected chi connectivity index (χ4v) is 1.55. The van der Waals surface area contributed by atoms with Crippen molar-refractivity contribution in [1.82, 2.24) is 4.90 Å². The number of hydrogen-bond acceptors (Lipinski definition) is 4. The van der Waals surface area contributed by atoms with Crippen molar-refractivity contribution in [2.24, 2.45) is 0 Å². The topological polar surface area (TPSA) is 58.8 Å². The van der Waals surface area contributed by atoms with Crippen LogP contribution in [0.25, 0.3) is 0 Å². The van der Waals surface area contributed by atoms with Gasteiger partial charge in [-0.2, -0.15) is 0 Å². The molecule has 5 nitrogen and oxygen atoms in total. The molecule has 0 saturated heterocycles. The summed E-state index contributed by atoms with van der Waals surface area (Å²) < 4.78 is 5.64. The van der Waals surface area contributed by atoms with E-state index in [0.29, 0.717) is 18.0 Å². The Morgan fingerprint density at radius 2 is 1.95 bits per heavy atom. The SMILES string of the molecule is CC(C)Oc1cc(N(C)CC(=O)N(C)C)ccc1N. The Labute approximate surface area is 114 Å². The summed E-state index contributed by atoms with van der Waals surface area (Å²) in [6.07, 6.45) is 0.0614. The number of carbonyl (C=O) groups excluding carboxylic acids is 1. The number of nitrogens with zero attached hydrogens (tertiary/aromatic N) is 2. The molecule has 0 fully saturated rings. The van der Waals surface area contributed by atoms with Crippen LogP contribution < -0.4 is 15.4 Å². The molecule has 0 aliphatic rings. The van der Waals surface area contributed by atoms with Crippen LogP contribution in [0.4, 0.5) is 11.4 Å². The Morgan fingerprint density at radius 3 is 2.47 bits per heavy atom.